The van der Waals surface area contributed by atoms with Gasteiger partial charge in [-0.1, -0.05) is 315 Å². The van der Waals surface area contributed by atoms with Gasteiger partial charge in [-0.3, -0.25) is 21.1 Å². The van der Waals surface area contributed by atoms with Gasteiger partial charge in [-0.15, -0.1) is 0 Å². The molecule has 2 unspecified atom stereocenters. The molecule has 0 spiro atoms. The van der Waals surface area contributed by atoms with Crippen molar-refractivity contribution < 1.29 is 19.1 Å². The van der Waals surface area contributed by atoms with Gasteiger partial charge in [0.15, 0.2) is 12.5 Å². The molecule has 2 atom stereocenters. The lowest BCUT2D eigenvalue weighted by Crippen LogP contribution is -2.26. The van der Waals surface area contributed by atoms with Crippen molar-refractivity contribution in [3.05, 3.63) is 0 Å². The van der Waals surface area contributed by atoms with Crippen molar-refractivity contribution in [1.82, 2.24) is 0 Å². The Morgan fingerprint density at radius 2 is 0.356 bits per heavy atom. The number of carbonyl (C=O) groups is 2. The summed E-state index contributed by atoms with van der Waals surface area (Å²) in [4.78, 5) is 24.5. The van der Waals surface area contributed by atoms with Crippen LogP contribution in [0, 0.1) is 0 Å². The molecule has 0 amide bonds. The Hall–Kier alpha value is -1.22. The molecule has 0 aliphatic rings. The molecule has 0 heterocycles. The number of ether oxygens (including phenoxy) is 2. The summed E-state index contributed by atoms with van der Waals surface area (Å²) in [7, 11) is 0. The highest BCUT2D eigenvalue weighted by atomic mass is 16.6. The van der Waals surface area contributed by atoms with Crippen LogP contribution in [-0.4, -0.2) is 37.5 Å². The van der Waals surface area contributed by atoms with Crippen LogP contribution in [0.1, 0.15) is 379 Å². The fourth-order valence-electron chi connectivity index (χ4n) is 10.8. The Bertz CT molecular complexity index is 983. The zero-order valence-electron chi connectivity index (χ0n) is 49.2. The SMILES string of the molecule is NCCCCCCCCCCCCCCCCCCCCCCC(N)OC(=O)CCCCCCCCCCCCCCCCCC(=O)OC(N)CCCCCCCCCCCCCCCCCCCCCCN. The van der Waals surface area contributed by atoms with Gasteiger partial charge in [-0.2, -0.15) is 0 Å². The molecule has 0 aliphatic carbocycles. The lowest BCUT2D eigenvalue weighted by Gasteiger charge is -2.13. The van der Waals surface area contributed by atoms with Crippen LogP contribution in [0.3, 0.4) is 0 Å². The van der Waals surface area contributed by atoms with E-state index in [1.807, 2.05) is 0 Å². The summed E-state index contributed by atoms with van der Waals surface area (Å²) in [5.74, 6) is -0.235. The van der Waals surface area contributed by atoms with E-state index in [9.17, 15) is 9.59 Å². The lowest BCUT2D eigenvalue weighted by atomic mass is 10.0. The highest BCUT2D eigenvalue weighted by Gasteiger charge is 2.11. The highest BCUT2D eigenvalue weighted by molar-refractivity contribution is 5.69. The first-order valence-corrected chi connectivity index (χ1v) is 33.3. The van der Waals surface area contributed by atoms with Crippen molar-refractivity contribution in [2.24, 2.45) is 22.9 Å². The molecule has 436 valence electrons. The van der Waals surface area contributed by atoms with Crippen LogP contribution in [0.4, 0.5) is 0 Å². The first-order valence-electron chi connectivity index (χ1n) is 33.3. The Morgan fingerprint density at radius 3 is 0.521 bits per heavy atom. The summed E-state index contributed by atoms with van der Waals surface area (Å²) >= 11 is 0. The van der Waals surface area contributed by atoms with Crippen molar-refractivity contribution in [2.75, 3.05) is 13.1 Å². The largest absolute Gasteiger partial charge is 0.447 e. The maximum Gasteiger partial charge on any atom is 0.307 e. The monoisotopic (exact) mass is 1030 g/mol. The van der Waals surface area contributed by atoms with E-state index in [0.717, 1.165) is 64.5 Å². The predicted molar refractivity (Wildman–Crippen MR) is 319 cm³/mol. The summed E-state index contributed by atoms with van der Waals surface area (Å²) in [5, 5.41) is 0. The molecule has 0 bridgehead atoms. The number of carbonyl (C=O) groups excluding carboxylic acids is 2. The first-order chi connectivity index (χ1) is 36.0. The fraction of sp³-hybridized carbons (Fsp3) is 0.969. The Morgan fingerprint density at radius 1 is 0.219 bits per heavy atom. The van der Waals surface area contributed by atoms with Crippen LogP contribution in [0.2, 0.25) is 0 Å². The Balaban J connectivity index is 3.32. The van der Waals surface area contributed by atoms with Gasteiger partial charge in [0.1, 0.15) is 0 Å². The minimum absolute atomic E-state index is 0.117. The summed E-state index contributed by atoms with van der Waals surface area (Å²) in [6, 6.07) is 0. The van der Waals surface area contributed by atoms with Crippen LogP contribution in [-0.2, 0) is 19.1 Å². The van der Waals surface area contributed by atoms with Gasteiger partial charge in [0.05, 0.1) is 0 Å². The number of rotatable bonds is 64. The molecule has 8 heteroatoms. The number of hydrogen-bond acceptors (Lipinski definition) is 8. The molecule has 0 fully saturated rings. The van der Waals surface area contributed by atoms with E-state index in [1.165, 1.54) is 315 Å². The molecule has 0 aromatic heterocycles. The first kappa shape index (κ1) is 71.8. The topological polar surface area (TPSA) is 157 Å². The third-order valence-corrected chi connectivity index (χ3v) is 15.7. The summed E-state index contributed by atoms with van der Waals surface area (Å²) in [5.41, 5.74) is 23.4. The minimum atomic E-state index is -0.437. The third-order valence-electron chi connectivity index (χ3n) is 15.7. The van der Waals surface area contributed by atoms with Crippen molar-refractivity contribution in [1.29, 1.82) is 0 Å². The highest BCUT2D eigenvalue weighted by Crippen LogP contribution is 2.19. The summed E-state index contributed by atoms with van der Waals surface area (Å²) in [6.07, 6.45) is 74.1. The molecular weight excluding hydrogens is 901 g/mol. The zero-order chi connectivity index (χ0) is 52.9. The van der Waals surface area contributed by atoms with Gasteiger partial charge in [0.2, 0.25) is 0 Å². The van der Waals surface area contributed by atoms with Crippen molar-refractivity contribution in [3.63, 3.8) is 0 Å². The molecule has 0 saturated carbocycles. The minimum Gasteiger partial charge on any atom is -0.447 e. The van der Waals surface area contributed by atoms with Gasteiger partial charge in [-0.05, 0) is 64.5 Å². The van der Waals surface area contributed by atoms with Crippen LogP contribution in [0.15, 0.2) is 0 Å². The maximum absolute atomic E-state index is 12.3. The van der Waals surface area contributed by atoms with E-state index in [0.29, 0.717) is 12.8 Å². The smallest absolute Gasteiger partial charge is 0.307 e. The average Bonchev–Trinajstić information content (AvgIpc) is 3.38. The summed E-state index contributed by atoms with van der Waals surface area (Å²) < 4.78 is 11.0. The third kappa shape index (κ3) is 63.2. The number of nitrogens with two attached hydrogens (primary N) is 4. The van der Waals surface area contributed by atoms with E-state index in [4.69, 9.17) is 32.4 Å². The van der Waals surface area contributed by atoms with Gasteiger partial charge >= 0.3 is 11.9 Å². The second kappa shape index (κ2) is 63.3. The normalized spacial score (nSPS) is 12.4. The average molecular weight is 1030 g/mol. The van der Waals surface area contributed by atoms with Crippen LogP contribution in [0.5, 0.6) is 0 Å². The second-order valence-corrected chi connectivity index (χ2v) is 23.2. The second-order valence-electron chi connectivity index (χ2n) is 23.2. The quantitative estimate of drug-likeness (QED) is 0.0266. The maximum atomic E-state index is 12.3. The molecule has 0 radical (unpaired) electrons. The van der Waals surface area contributed by atoms with Gasteiger partial charge in [-0.25, -0.2) is 0 Å². The Kier molecular flexibility index (Phi) is 62.3. The van der Waals surface area contributed by atoms with Crippen molar-refractivity contribution in [3.8, 4) is 0 Å². The van der Waals surface area contributed by atoms with E-state index in [-0.39, 0.29) is 11.9 Å². The summed E-state index contributed by atoms with van der Waals surface area (Å²) in [6.45, 7) is 1.71. The molecule has 73 heavy (non-hydrogen) atoms. The van der Waals surface area contributed by atoms with Gasteiger partial charge < -0.3 is 20.9 Å². The van der Waals surface area contributed by atoms with E-state index >= 15 is 0 Å². The lowest BCUT2D eigenvalue weighted by molar-refractivity contribution is -0.150. The number of hydrogen-bond donors (Lipinski definition) is 4. The zero-order valence-corrected chi connectivity index (χ0v) is 49.2. The molecular formula is C65H132N4O4. The number of esters is 2. The predicted octanol–water partition coefficient (Wildman–Crippen LogP) is 19.6. The van der Waals surface area contributed by atoms with Crippen molar-refractivity contribution in [2.45, 2.75) is 391 Å². The fourth-order valence-corrected chi connectivity index (χ4v) is 10.8. The van der Waals surface area contributed by atoms with Gasteiger partial charge in [0, 0.05) is 12.8 Å². The Labute approximate surface area is 456 Å². The van der Waals surface area contributed by atoms with Gasteiger partial charge in [0.25, 0.3) is 0 Å². The molecule has 0 aliphatic heterocycles. The van der Waals surface area contributed by atoms with E-state index in [2.05, 4.69) is 0 Å². The van der Waals surface area contributed by atoms with Crippen molar-refractivity contribution >= 4 is 11.9 Å². The van der Waals surface area contributed by atoms with Crippen LogP contribution < -0.4 is 22.9 Å². The van der Waals surface area contributed by atoms with Crippen LogP contribution in [0.25, 0.3) is 0 Å². The van der Waals surface area contributed by atoms with E-state index in [1.54, 1.807) is 0 Å². The molecule has 8 N–H and O–H groups in total. The molecule has 8 nitrogen and oxygen atoms in total. The van der Waals surface area contributed by atoms with E-state index < -0.39 is 12.5 Å². The molecule has 0 aromatic rings. The number of unbranched alkanes of at least 4 members (excludes halogenated alkanes) is 52. The molecule has 0 saturated heterocycles. The standard InChI is InChI=1S/C65H132N4O4/c66-60-54-48-42-36-30-24-18-11-7-3-1-5-9-14-20-26-32-38-44-50-56-62(68)72-64(70)58-52-46-40-34-28-22-16-13-17-23-29-35-41-47-53-59-65(71)73-63(69)57-51-45-39-33-27-21-15-10-6-2-4-8-12-19-25-31-37-43-49-55-61-67/h62-63H,1-61,66-69H2. The molecule has 0 rings (SSSR count). The molecule has 0 aromatic carbocycles. The van der Waals surface area contributed by atoms with Crippen LogP contribution >= 0.6 is 0 Å².